The van der Waals surface area contributed by atoms with Crippen molar-refractivity contribution in [3.63, 3.8) is 0 Å². The minimum atomic E-state index is 0.0314. The van der Waals surface area contributed by atoms with Crippen LogP contribution in [0.15, 0.2) is 255 Å². The van der Waals surface area contributed by atoms with Gasteiger partial charge in [0.25, 0.3) is 0 Å². The van der Waals surface area contributed by atoms with Crippen molar-refractivity contribution >= 4 is 76.9 Å². The van der Waals surface area contributed by atoms with Crippen molar-refractivity contribution in [3.05, 3.63) is 255 Å². The van der Waals surface area contributed by atoms with E-state index >= 15 is 0 Å². The molecule has 0 aliphatic carbocycles. The summed E-state index contributed by atoms with van der Waals surface area (Å²) in [6.07, 6.45) is 0. The Balaban J connectivity index is 0.922. The minimum Gasteiger partial charge on any atom is -0.0615 e. The molecule has 0 atom stereocenters. The number of benzene rings is 12. The van der Waals surface area contributed by atoms with Gasteiger partial charge in [-0.15, -0.1) is 0 Å². The summed E-state index contributed by atoms with van der Waals surface area (Å²) in [7, 11) is 0. The molecule has 3 aromatic heterocycles. The minimum absolute atomic E-state index is 0.0314. The number of nitrogens with zero attached hydrogens (tertiary/aromatic N) is 6. The van der Waals surface area contributed by atoms with Crippen molar-refractivity contribution in [1.29, 1.82) is 0 Å². The van der Waals surface area contributed by atoms with Crippen LogP contribution in [-0.2, 0) is 0 Å². The average molecular weight is 1050 g/mol. The monoisotopic (exact) mass is 1050 g/mol. The van der Waals surface area contributed by atoms with E-state index < -0.39 is 0 Å². The smallest absolute Gasteiger partial charge is 0.0512 e. The second kappa shape index (κ2) is 18.6. The normalized spacial score (nSPS) is 11.6. The topological polar surface area (TPSA) is 77.3 Å². The first-order valence-corrected chi connectivity index (χ1v) is 27.5. The fourth-order valence-electron chi connectivity index (χ4n) is 11.3. The number of hydrogen-bond donors (Lipinski definition) is 0. The Labute approximate surface area is 449 Å². The number of rotatable bonds is 8. The van der Waals surface area contributed by atoms with Gasteiger partial charge >= 0.3 is 379 Å². The summed E-state index contributed by atoms with van der Waals surface area (Å²) in [4.78, 5) is 31.2. The molecule has 0 unspecified atom stereocenters. The molecule has 0 bridgehead atoms. The largest absolute Gasteiger partial charge is 0.0615 e. The summed E-state index contributed by atoms with van der Waals surface area (Å²) < 4.78 is 2.76. The van der Waals surface area contributed by atoms with Crippen molar-refractivity contribution < 1.29 is 0 Å². The number of fused-ring (bicyclic) bond motifs is 7. The summed E-state index contributed by atoms with van der Waals surface area (Å²) in [6, 6.07) is 89.9. The molecule has 6 nitrogen and oxygen atoms in total. The molecule has 0 N–H and O–H groups in total. The van der Waals surface area contributed by atoms with Crippen LogP contribution in [0.25, 0.3) is 153 Å². The van der Waals surface area contributed by atoms with Crippen LogP contribution in [0.1, 0.15) is 0 Å². The van der Waals surface area contributed by atoms with Gasteiger partial charge in [-0.25, -0.2) is 0 Å². The van der Waals surface area contributed by atoms with Crippen LogP contribution in [0.5, 0.6) is 0 Å². The van der Waals surface area contributed by atoms with Gasteiger partial charge in [0.15, 0.2) is 0 Å². The molecule has 12 aromatic carbocycles. The van der Waals surface area contributed by atoms with Crippen molar-refractivity contribution in [2.45, 2.75) is 0 Å². The first-order valence-electron chi connectivity index (χ1n) is 25.8. The zero-order valence-electron chi connectivity index (χ0n) is 41.3. The van der Waals surface area contributed by atoms with Gasteiger partial charge in [0.05, 0.1) is 0 Å². The summed E-state index contributed by atoms with van der Waals surface area (Å²) in [6.45, 7) is 0. The fraction of sp³-hybridized carbons (Fsp3) is 0. The molecule has 358 valence electrons. The van der Waals surface area contributed by atoms with E-state index in [2.05, 4.69) is 182 Å². The van der Waals surface area contributed by atoms with Crippen LogP contribution >= 0.6 is 0 Å². The first-order chi connectivity index (χ1) is 38.2. The van der Waals surface area contributed by atoms with Crippen LogP contribution in [0.4, 0.5) is 0 Å². The molecule has 7 heteroatoms. The van der Waals surface area contributed by atoms with Crippen LogP contribution in [0, 0.1) is 0 Å². The van der Waals surface area contributed by atoms with E-state index in [1.54, 1.807) is 0 Å². The molecular weight excluding hydrogens is 1000 g/mol. The summed E-state index contributed by atoms with van der Waals surface area (Å²) >= 11 is 0.0314. The van der Waals surface area contributed by atoms with Gasteiger partial charge < -0.3 is 0 Å². The molecule has 0 saturated carbocycles. The average Bonchev–Trinajstić information content (AvgIpc) is 3.99. The third kappa shape index (κ3) is 7.63. The maximum Gasteiger partial charge on any atom is -0.0512 e. The Morgan fingerprint density at radius 3 is 0.896 bits per heavy atom. The molecule has 0 saturated heterocycles. The maximum atomic E-state index is 5.28. The van der Waals surface area contributed by atoms with Crippen molar-refractivity contribution in [2.75, 3.05) is 0 Å². The third-order valence-electron chi connectivity index (χ3n) is 14.8. The maximum absolute atomic E-state index is 5.28. The van der Waals surface area contributed by atoms with Crippen molar-refractivity contribution in [2.24, 2.45) is 0 Å². The van der Waals surface area contributed by atoms with Gasteiger partial charge in [0.1, 0.15) is 0 Å². The third-order valence-corrected chi connectivity index (χ3v) is 17.3. The second-order valence-electron chi connectivity index (χ2n) is 19.3. The second-order valence-corrected chi connectivity index (χ2v) is 21.5. The van der Waals surface area contributed by atoms with Crippen LogP contribution in [-0.4, -0.2) is 44.4 Å². The van der Waals surface area contributed by atoms with Crippen molar-refractivity contribution in [1.82, 2.24) is 29.9 Å². The molecule has 77 heavy (non-hydrogen) atoms. The van der Waals surface area contributed by atoms with Crippen molar-refractivity contribution in [3.8, 4) is 90.6 Å². The molecule has 0 aliphatic rings. The zero-order valence-corrected chi connectivity index (χ0v) is 43.1. The predicted octanol–water partition coefficient (Wildman–Crippen LogP) is 17.4. The SMILES string of the molecule is c1ccc(-c2nc(-c3ccccc3)nc(-c3c4ccccc4c(-c4ccc5[se]c6c(-c7c8ccccc8c(-c8nc(-c9ccccc9)nc(-c9ccccc9)n8)c8ccccc78)cccc6c5c4)c4ccccc34)n2)cc1. The van der Waals surface area contributed by atoms with E-state index in [9.17, 15) is 0 Å². The van der Waals surface area contributed by atoms with E-state index in [0.29, 0.717) is 34.9 Å². The van der Waals surface area contributed by atoms with E-state index in [1.165, 1.54) is 41.5 Å². The quantitative estimate of drug-likeness (QED) is 0.111. The van der Waals surface area contributed by atoms with Crippen LogP contribution in [0.2, 0.25) is 0 Å². The standard InChI is InChI=1S/C70H42N6Se/c1-5-22-43(23-6-1)65-71-66(44-24-7-2-8-25-44)74-69(73-65)62-52-34-17-13-30-48(52)60(49-31-14-18-35-53(49)62)47-40-41-59-58(42-47)56-38-21-39-57(64(56)77-59)61-50-32-15-19-36-54(50)63(55-37-20-16-33-51(55)61)70-75-67(45-26-9-3-10-27-45)72-68(76-70)46-28-11-4-12-29-46/h1-42H. The van der Waals surface area contributed by atoms with Gasteiger partial charge in [-0.2, -0.15) is 0 Å². The van der Waals surface area contributed by atoms with Gasteiger partial charge in [-0.3, -0.25) is 0 Å². The summed E-state index contributed by atoms with van der Waals surface area (Å²) in [5, 5.41) is 11.5. The fourth-order valence-corrected chi connectivity index (χ4v) is 13.9. The van der Waals surface area contributed by atoms with E-state index in [4.69, 9.17) is 29.9 Å². The molecule has 15 rings (SSSR count). The predicted molar refractivity (Wildman–Crippen MR) is 319 cm³/mol. The molecule has 15 aromatic rings. The van der Waals surface area contributed by atoms with Gasteiger partial charge in [0, 0.05) is 0 Å². The Bertz CT molecular complexity index is 4560. The molecule has 0 radical (unpaired) electrons. The molecule has 3 heterocycles. The molecule has 0 aliphatic heterocycles. The van der Waals surface area contributed by atoms with Gasteiger partial charge in [0.2, 0.25) is 0 Å². The van der Waals surface area contributed by atoms with Crippen LogP contribution in [0.3, 0.4) is 0 Å². The summed E-state index contributed by atoms with van der Waals surface area (Å²) in [5.41, 5.74) is 10.6. The van der Waals surface area contributed by atoms with Gasteiger partial charge in [-0.05, 0) is 0 Å². The Morgan fingerprint density at radius 1 is 0.208 bits per heavy atom. The van der Waals surface area contributed by atoms with Gasteiger partial charge in [-0.1, -0.05) is 72.8 Å². The molecule has 0 amide bonds. The first kappa shape index (κ1) is 44.7. The van der Waals surface area contributed by atoms with E-state index in [1.807, 2.05) is 72.8 Å². The summed E-state index contributed by atoms with van der Waals surface area (Å²) in [5.74, 6) is 3.85. The Morgan fingerprint density at radius 2 is 0.519 bits per heavy atom. The van der Waals surface area contributed by atoms with E-state index in [-0.39, 0.29) is 14.5 Å². The van der Waals surface area contributed by atoms with Crippen LogP contribution < -0.4 is 0 Å². The molecule has 0 fully saturated rings. The molecular formula is C70H42N6Se. The molecule has 0 spiro atoms. The Hall–Kier alpha value is -9.78. The Kier molecular flexibility index (Phi) is 10.8. The number of aromatic nitrogens is 6. The van der Waals surface area contributed by atoms with E-state index in [0.717, 1.165) is 76.5 Å². The number of hydrogen-bond acceptors (Lipinski definition) is 6. The zero-order chi connectivity index (χ0) is 50.8.